The van der Waals surface area contributed by atoms with Crippen molar-refractivity contribution in [2.75, 3.05) is 0 Å². The van der Waals surface area contributed by atoms with E-state index < -0.39 is 4.92 Å². The number of benzene rings is 3. The summed E-state index contributed by atoms with van der Waals surface area (Å²) in [6.45, 7) is 0. The van der Waals surface area contributed by atoms with E-state index in [0.717, 1.165) is 15.9 Å². The quantitative estimate of drug-likeness (QED) is 0.225. The van der Waals surface area contributed by atoms with Gasteiger partial charge in [-0.3, -0.25) is 10.1 Å². The standard InChI is InChI=1S/C22H13ClN4O2S/c23-16-6-8-17(9-7-16)30-21-10-5-14(12-20(21)27(28)29)11-15(13-24)22-25-18-3-1-2-4-19(18)26-22/h1-12H,(H,25,26). The second-order valence-corrected chi connectivity index (χ2v) is 7.86. The summed E-state index contributed by atoms with van der Waals surface area (Å²) in [5, 5.41) is 21.8. The summed E-state index contributed by atoms with van der Waals surface area (Å²) in [5.41, 5.74) is 2.35. The number of hydrogen-bond acceptors (Lipinski definition) is 5. The first kappa shape index (κ1) is 19.7. The van der Waals surface area contributed by atoms with Gasteiger partial charge in [0, 0.05) is 16.0 Å². The number of halogens is 1. The van der Waals surface area contributed by atoms with Crippen molar-refractivity contribution < 1.29 is 4.92 Å². The van der Waals surface area contributed by atoms with Gasteiger partial charge in [0.2, 0.25) is 0 Å². The van der Waals surface area contributed by atoms with E-state index in [0.29, 0.717) is 26.9 Å². The molecule has 0 unspecified atom stereocenters. The number of nitrogens with zero attached hydrogens (tertiary/aromatic N) is 3. The molecule has 0 atom stereocenters. The minimum Gasteiger partial charge on any atom is -0.337 e. The lowest BCUT2D eigenvalue weighted by molar-refractivity contribution is -0.387. The fourth-order valence-electron chi connectivity index (χ4n) is 2.88. The predicted octanol–water partition coefficient (Wildman–Crippen LogP) is 6.34. The highest BCUT2D eigenvalue weighted by Crippen LogP contribution is 2.36. The Balaban J connectivity index is 1.69. The van der Waals surface area contributed by atoms with Crippen molar-refractivity contribution in [1.29, 1.82) is 5.26 Å². The topological polar surface area (TPSA) is 95.6 Å². The summed E-state index contributed by atoms with van der Waals surface area (Å²) in [6, 6.07) is 21.5. The van der Waals surface area contributed by atoms with Crippen LogP contribution < -0.4 is 0 Å². The fourth-order valence-corrected chi connectivity index (χ4v) is 3.91. The highest BCUT2D eigenvalue weighted by atomic mass is 35.5. The third-order valence-electron chi connectivity index (χ3n) is 4.30. The maximum Gasteiger partial charge on any atom is 0.283 e. The van der Waals surface area contributed by atoms with Crippen LogP contribution in [0.2, 0.25) is 5.02 Å². The van der Waals surface area contributed by atoms with E-state index in [2.05, 4.69) is 16.0 Å². The maximum absolute atomic E-state index is 11.6. The van der Waals surface area contributed by atoms with Gasteiger partial charge in [-0.15, -0.1) is 0 Å². The van der Waals surface area contributed by atoms with E-state index in [4.69, 9.17) is 11.6 Å². The molecule has 8 heteroatoms. The van der Waals surface area contributed by atoms with E-state index in [9.17, 15) is 15.4 Å². The number of imidazole rings is 1. The zero-order valence-electron chi connectivity index (χ0n) is 15.4. The van der Waals surface area contributed by atoms with Crippen LogP contribution in [-0.4, -0.2) is 14.9 Å². The van der Waals surface area contributed by atoms with Crippen LogP contribution in [0.1, 0.15) is 11.4 Å². The molecule has 1 N–H and O–H groups in total. The molecule has 0 amide bonds. The largest absolute Gasteiger partial charge is 0.337 e. The Morgan fingerprint density at radius 3 is 2.63 bits per heavy atom. The van der Waals surface area contributed by atoms with Crippen molar-refractivity contribution in [1.82, 2.24) is 9.97 Å². The van der Waals surface area contributed by atoms with Crippen LogP contribution >= 0.6 is 23.4 Å². The first-order chi connectivity index (χ1) is 14.5. The minimum absolute atomic E-state index is 0.0365. The molecule has 1 aromatic heterocycles. The Morgan fingerprint density at radius 1 is 1.17 bits per heavy atom. The first-order valence-corrected chi connectivity index (χ1v) is 10.0. The number of hydrogen-bond donors (Lipinski definition) is 1. The normalized spacial score (nSPS) is 11.4. The average Bonchev–Trinajstić information content (AvgIpc) is 3.18. The number of aromatic nitrogens is 2. The molecule has 4 rings (SSSR count). The lowest BCUT2D eigenvalue weighted by Crippen LogP contribution is -1.92. The van der Waals surface area contributed by atoms with Gasteiger partial charge in [-0.2, -0.15) is 5.26 Å². The lowest BCUT2D eigenvalue weighted by atomic mass is 10.1. The zero-order chi connectivity index (χ0) is 21.1. The second-order valence-electron chi connectivity index (χ2n) is 6.31. The highest BCUT2D eigenvalue weighted by Gasteiger charge is 2.16. The van der Waals surface area contributed by atoms with Crippen LogP contribution in [-0.2, 0) is 0 Å². The van der Waals surface area contributed by atoms with Gasteiger partial charge in [-0.25, -0.2) is 4.98 Å². The number of nitrogens with one attached hydrogen (secondary N) is 1. The van der Waals surface area contributed by atoms with E-state index in [1.165, 1.54) is 17.8 Å². The monoisotopic (exact) mass is 432 g/mol. The third-order valence-corrected chi connectivity index (χ3v) is 5.62. The van der Waals surface area contributed by atoms with E-state index in [1.807, 2.05) is 24.3 Å². The molecule has 146 valence electrons. The molecule has 0 fully saturated rings. The van der Waals surface area contributed by atoms with Crippen LogP contribution in [0, 0.1) is 21.4 Å². The molecule has 0 bridgehead atoms. The van der Waals surface area contributed by atoms with E-state index >= 15 is 0 Å². The summed E-state index contributed by atoms with van der Waals surface area (Å²) in [4.78, 5) is 20.1. The molecule has 0 aliphatic rings. The molecule has 30 heavy (non-hydrogen) atoms. The number of nitriles is 1. The van der Waals surface area contributed by atoms with Gasteiger partial charge < -0.3 is 4.98 Å². The number of fused-ring (bicyclic) bond motifs is 1. The maximum atomic E-state index is 11.6. The average molecular weight is 433 g/mol. The number of para-hydroxylation sites is 2. The van der Waals surface area contributed by atoms with Crippen molar-refractivity contribution in [2.24, 2.45) is 0 Å². The summed E-state index contributed by atoms with van der Waals surface area (Å²) in [6.07, 6.45) is 1.58. The van der Waals surface area contributed by atoms with Crippen molar-refractivity contribution in [3.05, 3.63) is 93.3 Å². The molecule has 0 radical (unpaired) electrons. The Labute approximate surface area is 181 Å². The first-order valence-electron chi connectivity index (χ1n) is 8.82. The smallest absolute Gasteiger partial charge is 0.283 e. The molecule has 0 spiro atoms. The van der Waals surface area contributed by atoms with Crippen LogP contribution in [0.3, 0.4) is 0 Å². The molecule has 0 saturated heterocycles. The van der Waals surface area contributed by atoms with Crippen molar-refractivity contribution in [2.45, 2.75) is 9.79 Å². The molecular formula is C22H13ClN4O2S. The number of aromatic amines is 1. The molecule has 0 aliphatic heterocycles. The van der Waals surface area contributed by atoms with Crippen molar-refractivity contribution in [3.63, 3.8) is 0 Å². The molecular weight excluding hydrogens is 420 g/mol. The molecule has 6 nitrogen and oxygen atoms in total. The number of rotatable bonds is 5. The number of allylic oxidation sites excluding steroid dienone is 1. The van der Waals surface area contributed by atoms with Crippen LogP contribution in [0.25, 0.3) is 22.7 Å². The Bertz CT molecular complexity index is 1290. The SMILES string of the molecule is N#CC(=Cc1ccc(Sc2ccc(Cl)cc2)c([N+](=O)[O-])c1)c1nc2ccccc2[nH]1. The summed E-state index contributed by atoms with van der Waals surface area (Å²) < 4.78 is 0. The zero-order valence-corrected chi connectivity index (χ0v) is 16.9. The van der Waals surface area contributed by atoms with E-state index in [-0.39, 0.29) is 5.69 Å². The number of nitro groups is 1. The number of nitro benzene ring substituents is 1. The minimum atomic E-state index is -0.428. The fraction of sp³-hybridized carbons (Fsp3) is 0. The Hall–Kier alpha value is -3.60. The highest BCUT2D eigenvalue weighted by molar-refractivity contribution is 7.99. The second kappa shape index (κ2) is 8.41. The van der Waals surface area contributed by atoms with E-state index in [1.54, 1.807) is 42.5 Å². The predicted molar refractivity (Wildman–Crippen MR) is 118 cm³/mol. The molecule has 4 aromatic rings. The van der Waals surface area contributed by atoms with Gasteiger partial charge in [-0.1, -0.05) is 41.6 Å². The summed E-state index contributed by atoms with van der Waals surface area (Å²) in [7, 11) is 0. The van der Waals surface area contributed by atoms with Gasteiger partial charge in [0.1, 0.15) is 11.9 Å². The molecule has 1 heterocycles. The van der Waals surface area contributed by atoms with Crippen LogP contribution in [0.15, 0.2) is 76.5 Å². The summed E-state index contributed by atoms with van der Waals surface area (Å²) >= 11 is 7.18. The number of H-pyrrole nitrogens is 1. The Kier molecular flexibility index (Phi) is 5.53. The van der Waals surface area contributed by atoms with Gasteiger partial charge in [-0.05, 0) is 54.1 Å². The van der Waals surface area contributed by atoms with Gasteiger partial charge >= 0.3 is 0 Å². The van der Waals surface area contributed by atoms with Crippen molar-refractivity contribution in [3.8, 4) is 6.07 Å². The Morgan fingerprint density at radius 2 is 1.93 bits per heavy atom. The summed E-state index contributed by atoms with van der Waals surface area (Å²) in [5.74, 6) is 0.418. The third kappa shape index (κ3) is 4.20. The van der Waals surface area contributed by atoms with Gasteiger partial charge in [0.15, 0.2) is 0 Å². The molecule has 3 aromatic carbocycles. The van der Waals surface area contributed by atoms with Crippen LogP contribution in [0.5, 0.6) is 0 Å². The van der Waals surface area contributed by atoms with Crippen molar-refractivity contribution >= 4 is 51.7 Å². The van der Waals surface area contributed by atoms with Crippen LogP contribution in [0.4, 0.5) is 5.69 Å². The van der Waals surface area contributed by atoms with Gasteiger partial charge in [0.25, 0.3) is 5.69 Å². The molecule has 0 aliphatic carbocycles. The molecule has 0 saturated carbocycles. The lowest BCUT2D eigenvalue weighted by Gasteiger charge is -2.05. The van der Waals surface area contributed by atoms with Gasteiger partial charge in [0.05, 0.1) is 26.4 Å².